The Bertz CT molecular complexity index is 906. The number of hydroxylamine groups is 1. The molecule has 0 spiro atoms. The second-order valence-electron chi connectivity index (χ2n) is 6.92. The van der Waals surface area contributed by atoms with Crippen LogP contribution in [-0.2, 0) is 17.5 Å². The molecule has 3 rings (SSSR count). The Hall–Kier alpha value is -2.37. The molecular formula is C20H21ClF3N3O4. The summed E-state index contributed by atoms with van der Waals surface area (Å²) < 4.78 is 45.4. The maximum atomic E-state index is 13.4. The van der Waals surface area contributed by atoms with Crippen LogP contribution in [0.3, 0.4) is 0 Å². The quantitative estimate of drug-likeness (QED) is 0.350. The smallest absolute Gasteiger partial charge is 0.379 e. The van der Waals surface area contributed by atoms with E-state index >= 15 is 0 Å². The fraction of sp³-hybridized carbons (Fsp3) is 0.350. The molecule has 31 heavy (non-hydrogen) atoms. The maximum absolute atomic E-state index is 13.4. The van der Waals surface area contributed by atoms with Gasteiger partial charge in [0.2, 0.25) is 0 Å². The van der Waals surface area contributed by atoms with E-state index in [9.17, 15) is 23.1 Å². The van der Waals surface area contributed by atoms with Gasteiger partial charge in [0.05, 0.1) is 23.8 Å². The van der Waals surface area contributed by atoms with Crippen molar-refractivity contribution in [1.82, 2.24) is 10.4 Å². The van der Waals surface area contributed by atoms with Gasteiger partial charge < -0.3 is 14.7 Å². The molecule has 1 amide bonds. The van der Waals surface area contributed by atoms with Gasteiger partial charge in [-0.05, 0) is 35.9 Å². The molecule has 3 N–H and O–H groups in total. The Balaban J connectivity index is 1.94. The highest BCUT2D eigenvalue weighted by Crippen LogP contribution is 2.37. The minimum absolute atomic E-state index is 0.0540. The average Bonchev–Trinajstić information content (AvgIpc) is 2.77. The van der Waals surface area contributed by atoms with Gasteiger partial charge in [-0.3, -0.25) is 14.9 Å². The second-order valence-corrected chi connectivity index (χ2v) is 7.33. The summed E-state index contributed by atoms with van der Waals surface area (Å²) >= 11 is 5.75. The van der Waals surface area contributed by atoms with E-state index in [4.69, 9.17) is 21.5 Å². The van der Waals surface area contributed by atoms with Crippen molar-refractivity contribution < 1.29 is 33.0 Å². The third-order valence-corrected chi connectivity index (χ3v) is 5.24. The lowest BCUT2D eigenvalue weighted by atomic mass is 10.1. The molecule has 0 bridgehead atoms. The number of nitrogens with one attached hydrogen (secondary N) is 1. The first kappa shape index (κ1) is 23.3. The summed E-state index contributed by atoms with van der Waals surface area (Å²) in [7, 11) is 0. The molecule has 0 radical (unpaired) electrons. The molecule has 1 aliphatic rings. The first-order chi connectivity index (χ1) is 14.7. The number of hydrogen-bond acceptors (Lipinski definition) is 6. The average molecular weight is 460 g/mol. The second kappa shape index (κ2) is 9.84. The van der Waals surface area contributed by atoms with Gasteiger partial charge in [-0.25, -0.2) is 5.48 Å². The predicted molar refractivity (Wildman–Crippen MR) is 107 cm³/mol. The zero-order chi connectivity index (χ0) is 22.6. The number of carbonyl (C=O) groups excluding carboxylic acids is 1. The molecule has 11 heteroatoms. The number of benzene rings is 2. The summed E-state index contributed by atoms with van der Waals surface area (Å²) in [5.41, 5.74) is 1.50. The third kappa shape index (κ3) is 5.66. The van der Waals surface area contributed by atoms with E-state index in [0.717, 1.165) is 12.1 Å². The number of ether oxygens (including phenoxy) is 1. The highest BCUT2D eigenvalue weighted by Gasteiger charge is 2.35. The lowest BCUT2D eigenvalue weighted by molar-refractivity contribution is -0.137. The summed E-state index contributed by atoms with van der Waals surface area (Å²) in [6, 6.07) is 9.56. The number of aliphatic hydroxyl groups is 1. The number of amides is 1. The zero-order valence-electron chi connectivity index (χ0n) is 16.3. The van der Waals surface area contributed by atoms with Gasteiger partial charge in [-0.1, -0.05) is 23.7 Å². The van der Waals surface area contributed by atoms with Crippen LogP contribution in [0.2, 0.25) is 5.02 Å². The van der Waals surface area contributed by atoms with E-state index in [1.54, 1.807) is 17.0 Å². The Labute approximate surface area is 181 Å². The van der Waals surface area contributed by atoms with Gasteiger partial charge in [-0.2, -0.15) is 13.2 Å². The van der Waals surface area contributed by atoms with Crippen LogP contribution in [0.25, 0.3) is 0 Å². The van der Waals surface area contributed by atoms with Crippen LogP contribution in [-0.4, -0.2) is 53.8 Å². The van der Waals surface area contributed by atoms with Gasteiger partial charge >= 0.3 is 6.18 Å². The minimum Gasteiger partial charge on any atom is -0.379 e. The number of halogens is 4. The molecule has 0 aliphatic carbocycles. The number of morpholine rings is 1. The van der Waals surface area contributed by atoms with E-state index < -0.39 is 29.0 Å². The summed E-state index contributed by atoms with van der Waals surface area (Å²) in [6.07, 6.45) is -5.87. The molecule has 0 aromatic heterocycles. The molecule has 1 atom stereocenters. The standard InChI is InChI=1S/C20H21ClF3N3O4/c21-17-6-5-15(11-16(17)20(22,23)24)27(19(29)26-7-9-31-10-8-26)12-13-1-3-14(4-2-13)18(28)25-30/h1-6,11,19,29-30H,7-10,12H2,(H,25,28). The molecule has 2 aromatic carbocycles. The van der Waals surface area contributed by atoms with E-state index in [-0.39, 0.29) is 17.8 Å². The summed E-state index contributed by atoms with van der Waals surface area (Å²) in [5.74, 6) is -0.690. The van der Waals surface area contributed by atoms with Gasteiger partial charge in [0.1, 0.15) is 0 Å². The largest absolute Gasteiger partial charge is 0.417 e. The van der Waals surface area contributed by atoms with Crippen molar-refractivity contribution in [3.05, 3.63) is 64.2 Å². The number of nitrogens with zero attached hydrogens (tertiary/aromatic N) is 2. The SMILES string of the molecule is O=C(NO)c1ccc(CN(c2ccc(Cl)c(C(F)(F)F)c2)C(O)N2CCOCC2)cc1. The first-order valence-corrected chi connectivity index (χ1v) is 9.75. The molecule has 2 aromatic rings. The number of aliphatic hydroxyl groups excluding tert-OH is 1. The minimum atomic E-state index is -4.65. The van der Waals surface area contributed by atoms with Crippen molar-refractivity contribution in [3.8, 4) is 0 Å². The normalized spacial score (nSPS) is 16.1. The van der Waals surface area contributed by atoms with Gasteiger partial charge in [-0.15, -0.1) is 0 Å². The number of anilines is 1. The van der Waals surface area contributed by atoms with Gasteiger partial charge in [0.15, 0.2) is 6.35 Å². The molecule has 1 unspecified atom stereocenters. The molecule has 1 saturated heterocycles. The lowest BCUT2D eigenvalue weighted by Gasteiger charge is -2.39. The van der Waals surface area contributed by atoms with E-state index in [1.807, 2.05) is 0 Å². The van der Waals surface area contributed by atoms with Crippen molar-refractivity contribution >= 4 is 23.2 Å². The first-order valence-electron chi connectivity index (χ1n) is 9.37. The predicted octanol–water partition coefficient (Wildman–Crippen LogP) is 3.09. The van der Waals surface area contributed by atoms with E-state index in [1.165, 1.54) is 28.6 Å². The molecule has 168 valence electrons. The number of alkyl halides is 3. The molecule has 0 saturated carbocycles. The van der Waals surface area contributed by atoms with Crippen LogP contribution >= 0.6 is 11.6 Å². The number of hydrogen-bond donors (Lipinski definition) is 3. The maximum Gasteiger partial charge on any atom is 0.417 e. The van der Waals surface area contributed by atoms with E-state index in [0.29, 0.717) is 31.9 Å². The van der Waals surface area contributed by atoms with Gasteiger partial charge in [0, 0.05) is 30.9 Å². The van der Waals surface area contributed by atoms with Crippen LogP contribution in [0, 0.1) is 0 Å². The van der Waals surface area contributed by atoms with Crippen LogP contribution in [0.15, 0.2) is 42.5 Å². The Morgan fingerprint density at radius 2 is 1.84 bits per heavy atom. The summed E-state index contributed by atoms with van der Waals surface area (Å²) in [4.78, 5) is 14.6. The third-order valence-electron chi connectivity index (χ3n) is 4.91. The zero-order valence-corrected chi connectivity index (χ0v) is 17.0. The summed E-state index contributed by atoms with van der Waals surface area (Å²) in [5, 5.41) is 19.3. The Morgan fingerprint density at radius 1 is 1.19 bits per heavy atom. The summed E-state index contributed by atoms with van der Waals surface area (Å²) in [6.45, 7) is 1.66. The van der Waals surface area contributed by atoms with Crippen molar-refractivity contribution in [3.63, 3.8) is 0 Å². The van der Waals surface area contributed by atoms with Crippen LogP contribution < -0.4 is 10.4 Å². The molecule has 7 nitrogen and oxygen atoms in total. The Kier molecular flexibility index (Phi) is 7.39. The van der Waals surface area contributed by atoms with Gasteiger partial charge in [0.25, 0.3) is 5.91 Å². The fourth-order valence-electron chi connectivity index (χ4n) is 3.24. The van der Waals surface area contributed by atoms with Crippen molar-refractivity contribution in [1.29, 1.82) is 0 Å². The molecule has 1 fully saturated rings. The molecule has 1 heterocycles. The van der Waals surface area contributed by atoms with Crippen LogP contribution in [0.4, 0.5) is 18.9 Å². The van der Waals surface area contributed by atoms with Crippen molar-refractivity contribution in [2.75, 3.05) is 31.2 Å². The highest BCUT2D eigenvalue weighted by molar-refractivity contribution is 6.31. The molecule has 1 aliphatic heterocycles. The highest BCUT2D eigenvalue weighted by atomic mass is 35.5. The van der Waals surface area contributed by atoms with Crippen molar-refractivity contribution in [2.24, 2.45) is 0 Å². The van der Waals surface area contributed by atoms with Crippen LogP contribution in [0.5, 0.6) is 0 Å². The molecular weight excluding hydrogens is 439 g/mol. The number of rotatable bonds is 6. The van der Waals surface area contributed by atoms with E-state index in [2.05, 4.69) is 0 Å². The topological polar surface area (TPSA) is 85.3 Å². The lowest BCUT2D eigenvalue weighted by Crippen LogP contribution is -2.52. The number of carbonyl (C=O) groups is 1. The monoisotopic (exact) mass is 459 g/mol. The van der Waals surface area contributed by atoms with Crippen molar-refractivity contribution in [2.45, 2.75) is 19.1 Å². The Morgan fingerprint density at radius 3 is 2.42 bits per heavy atom. The fourth-order valence-corrected chi connectivity index (χ4v) is 3.47. The van der Waals surface area contributed by atoms with Crippen LogP contribution in [0.1, 0.15) is 21.5 Å².